The molecular weight excluding hydrogens is 383 g/mol. The molecule has 2 aromatic carbocycles. The minimum Gasteiger partial charge on any atom is -0.507 e. The standard InChI is InChI=1S/C17H12Cl2N2O3S/c1-24-11-3-5-13(22)9(6-11)8-20-21-17(23)16-15(19)12-4-2-10(18)7-14(12)25-16/h2-8,22H,1H3,(H,21,23)/b20-8+. The molecule has 2 N–H and O–H groups in total. The number of nitrogens with zero attached hydrogens (tertiary/aromatic N) is 1. The normalized spacial score (nSPS) is 11.2. The van der Waals surface area contributed by atoms with Gasteiger partial charge in [0.05, 0.1) is 18.3 Å². The molecule has 0 saturated carbocycles. The molecule has 25 heavy (non-hydrogen) atoms. The van der Waals surface area contributed by atoms with E-state index in [1.165, 1.54) is 30.7 Å². The Morgan fingerprint density at radius 2 is 2.08 bits per heavy atom. The molecule has 8 heteroatoms. The molecule has 0 unspecified atom stereocenters. The number of halogens is 2. The van der Waals surface area contributed by atoms with Crippen LogP contribution in [-0.4, -0.2) is 24.3 Å². The monoisotopic (exact) mass is 394 g/mol. The highest BCUT2D eigenvalue weighted by atomic mass is 35.5. The number of hydrogen-bond acceptors (Lipinski definition) is 5. The summed E-state index contributed by atoms with van der Waals surface area (Å²) in [6, 6.07) is 9.93. The van der Waals surface area contributed by atoms with Crippen molar-refractivity contribution in [3.63, 3.8) is 0 Å². The maximum atomic E-state index is 12.3. The summed E-state index contributed by atoms with van der Waals surface area (Å²) in [4.78, 5) is 12.6. The van der Waals surface area contributed by atoms with Crippen LogP contribution in [0, 0.1) is 0 Å². The van der Waals surface area contributed by atoms with Gasteiger partial charge >= 0.3 is 0 Å². The largest absolute Gasteiger partial charge is 0.507 e. The number of aromatic hydroxyl groups is 1. The van der Waals surface area contributed by atoms with E-state index in [0.29, 0.717) is 26.2 Å². The first-order valence-electron chi connectivity index (χ1n) is 7.07. The molecule has 3 rings (SSSR count). The molecule has 0 aliphatic rings. The van der Waals surface area contributed by atoms with E-state index in [1.807, 2.05) is 0 Å². The van der Waals surface area contributed by atoms with Crippen molar-refractivity contribution in [1.82, 2.24) is 5.43 Å². The Kier molecular flexibility index (Phi) is 5.13. The molecule has 1 amide bonds. The van der Waals surface area contributed by atoms with Gasteiger partial charge in [-0.1, -0.05) is 29.3 Å². The Balaban J connectivity index is 1.80. The summed E-state index contributed by atoms with van der Waals surface area (Å²) in [5.41, 5.74) is 2.81. The maximum Gasteiger partial charge on any atom is 0.283 e. The molecule has 3 aromatic rings. The molecule has 128 valence electrons. The van der Waals surface area contributed by atoms with Gasteiger partial charge in [0.2, 0.25) is 0 Å². The summed E-state index contributed by atoms with van der Waals surface area (Å²) < 4.78 is 5.90. The summed E-state index contributed by atoms with van der Waals surface area (Å²) in [6.07, 6.45) is 1.33. The average Bonchev–Trinajstić information content (AvgIpc) is 2.92. The fourth-order valence-corrected chi connectivity index (χ4v) is 3.84. The number of carbonyl (C=O) groups excluding carboxylic acids is 1. The van der Waals surface area contributed by atoms with E-state index < -0.39 is 5.91 Å². The van der Waals surface area contributed by atoms with Gasteiger partial charge in [-0.05, 0) is 30.3 Å². The van der Waals surface area contributed by atoms with E-state index in [-0.39, 0.29) is 5.75 Å². The lowest BCUT2D eigenvalue weighted by Crippen LogP contribution is -2.16. The zero-order valence-corrected chi connectivity index (χ0v) is 15.2. The number of benzene rings is 2. The van der Waals surface area contributed by atoms with Gasteiger partial charge < -0.3 is 9.84 Å². The lowest BCUT2D eigenvalue weighted by Gasteiger charge is -2.03. The molecule has 1 aromatic heterocycles. The average molecular weight is 395 g/mol. The molecule has 0 atom stereocenters. The number of rotatable bonds is 4. The van der Waals surface area contributed by atoms with Gasteiger partial charge in [0.1, 0.15) is 16.4 Å². The number of carbonyl (C=O) groups is 1. The highest BCUT2D eigenvalue weighted by molar-refractivity contribution is 7.21. The van der Waals surface area contributed by atoms with Gasteiger partial charge in [-0.15, -0.1) is 11.3 Å². The molecule has 0 aliphatic carbocycles. The second-order valence-electron chi connectivity index (χ2n) is 5.01. The SMILES string of the molecule is COc1ccc(O)c(/C=N/NC(=O)c2sc3cc(Cl)ccc3c2Cl)c1. The van der Waals surface area contributed by atoms with Crippen molar-refractivity contribution >= 4 is 56.7 Å². The van der Waals surface area contributed by atoms with E-state index in [4.69, 9.17) is 27.9 Å². The third-order valence-electron chi connectivity index (χ3n) is 3.40. The first-order chi connectivity index (χ1) is 12.0. The van der Waals surface area contributed by atoms with E-state index in [9.17, 15) is 9.90 Å². The van der Waals surface area contributed by atoms with Gasteiger partial charge in [0.25, 0.3) is 5.91 Å². The van der Waals surface area contributed by atoms with Gasteiger partial charge in [-0.3, -0.25) is 4.79 Å². The second-order valence-corrected chi connectivity index (χ2v) is 6.88. The van der Waals surface area contributed by atoms with Crippen LogP contribution in [0.1, 0.15) is 15.2 Å². The molecule has 0 aliphatic heterocycles. The molecule has 0 spiro atoms. The van der Waals surface area contributed by atoms with E-state index >= 15 is 0 Å². The molecule has 0 fully saturated rings. The maximum absolute atomic E-state index is 12.3. The third-order valence-corrected chi connectivity index (χ3v) is 5.29. The predicted molar refractivity (Wildman–Crippen MR) is 102 cm³/mol. The number of hydrogen-bond donors (Lipinski definition) is 2. The first kappa shape index (κ1) is 17.5. The zero-order chi connectivity index (χ0) is 18.0. The van der Waals surface area contributed by atoms with E-state index in [2.05, 4.69) is 10.5 Å². The zero-order valence-electron chi connectivity index (χ0n) is 12.9. The number of thiophene rings is 1. The number of amides is 1. The van der Waals surface area contributed by atoms with Crippen molar-refractivity contribution in [3.8, 4) is 11.5 Å². The van der Waals surface area contributed by atoms with Gasteiger partial charge in [-0.25, -0.2) is 5.43 Å². The van der Waals surface area contributed by atoms with Crippen LogP contribution in [0.25, 0.3) is 10.1 Å². The fourth-order valence-electron chi connectivity index (χ4n) is 2.16. The Bertz CT molecular complexity index is 985. The predicted octanol–water partition coefficient (Wildman–Crippen LogP) is 4.69. The molecule has 0 radical (unpaired) electrons. The van der Waals surface area contributed by atoms with Gasteiger partial charge in [0.15, 0.2) is 0 Å². The Hall–Kier alpha value is -2.28. The summed E-state index contributed by atoms with van der Waals surface area (Å²) in [5.74, 6) is 0.143. The first-order valence-corrected chi connectivity index (χ1v) is 8.65. The summed E-state index contributed by atoms with van der Waals surface area (Å²) >= 11 is 13.4. The van der Waals surface area contributed by atoms with Crippen LogP contribution in [0.3, 0.4) is 0 Å². The van der Waals surface area contributed by atoms with Crippen LogP contribution in [0.2, 0.25) is 10.0 Å². The lowest BCUT2D eigenvalue weighted by atomic mass is 10.2. The van der Waals surface area contributed by atoms with Crippen molar-refractivity contribution in [2.45, 2.75) is 0 Å². The molecule has 0 saturated heterocycles. The summed E-state index contributed by atoms with van der Waals surface area (Å²) in [5, 5.41) is 15.3. The van der Waals surface area contributed by atoms with Crippen LogP contribution in [-0.2, 0) is 0 Å². The lowest BCUT2D eigenvalue weighted by molar-refractivity contribution is 0.0959. The van der Waals surface area contributed by atoms with Crippen LogP contribution in [0.5, 0.6) is 11.5 Å². The van der Waals surface area contributed by atoms with Crippen LogP contribution in [0.4, 0.5) is 0 Å². The van der Waals surface area contributed by atoms with Gasteiger partial charge in [0, 0.05) is 20.7 Å². The topological polar surface area (TPSA) is 70.9 Å². The molecule has 1 heterocycles. The molecular formula is C17H12Cl2N2O3S. The number of hydrazone groups is 1. The van der Waals surface area contributed by atoms with Crippen molar-refractivity contribution in [3.05, 3.63) is 56.9 Å². The van der Waals surface area contributed by atoms with Crippen molar-refractivity contribution in [1.29, 1.82) is 0 Å². The van der Waals surface area contributed by atoms with E-state index in [0.717, 1.165) is 10.1 Å². The minimum atomic E-state index is -0.444. The number of nitrogens with one attached hydrogen (secondary N) is 1. The fraction of sp³-hybridized carbons (Fsp3) is 0.0588. The van der Waals surface area contributed by atoms with Crippen molar-refractivity contribution < 1.29 is 14.6 Å². The Morgan fingerprint density at radius 1 is 1.28 bits per heavy atom. The Morgan fingerprint density at radius 3 is 2.84 bits per heavy atom. The summed E-state index contributed by atoms with van der Waals surface area (Å²) in [7, 11) is 1.52. The number of ether oxygens (including phenoxy) is 1. The van der Waals surface area contributed by atoms with Crippen LogP contribution in [0.15, 0.2) is 41.5 Å². The van der Waals surface area contributed by atoms with Crippen LogP contribution < -0.4 is 10.2 Å². The third kappa shape index (κ3) is 3.71. The number of phenols is 1. The second kappa shape index (κ2) is 7.31. The quantitative estimate of drug-likeness (QED) is 0.498. The number of fused-ring (bicyclic) bond motifs is 1. The smallest absolute Gasteiger partial charge is 0.283 e. The van der Waals surface area contributed by atoms with Crippen LogP contribution >= 0.6 is 34.5 Å². The van der Waals surface area contributed by atoms with Crippen molar-refractivity contribution in [2.75, 3.05) is 7.11 Å². The van der Waals surface area contributed by atoms with Crippen molar-refractivity contribution in [2.24, 2.45) is 5.10 Å². The molecule has 5 nitrogen and oxygen atoms in total. The molecule has 0 bridgehead atoms. The Labute approximate surface area is 157 Å². The minimum absolute atomic E-state index is 0.0216. The highest BCUT2D eigenvalue weighted by Crippen LogP contribution is 2.36. The van der Waals surface area contributed by atoms with E-state index in [1.54, 1.807) is 30.3 Å². The number of phenolic OH excluding ortho intramolecular Hbond substituents is 1. The highest BCUT2D eigenvalue weighted by Gasteiger charge is 2.17. The van der Waals surface area contributed by atoms with Gasteiger partial charge in [-0.2, -0.15) is 5.10 Å². The number of methoxy groups -OCH3 is 1. The summed E-state index contributed by atoms with van der Waals surface area (Å²) in [6.45, 7) is 0.